The van der Waals surface area contributed by atoms with Crippen LogP contribution in [0.4, 0.5) is 5.69 Å². The number of carbonyl (C=O) groups is 1. The number of benzene rings is 2. The fourth-order valence-electron chi connectivity index (χ4n) is 2.37. The molecule has 0 aliphatic heterocycles. The third kappa shape index (κ3) is 5.46. The van der Waals surface area contributed by atoms with Crippen molar-refractivity contribution in [3.63, 3.8) is 0 Å². The minimum atomic E-state index is -0.164. The van der Waals surface area contributed by atoms with Crippen molar-refractivity contribution in [2.75, 3.05) is 24.6 Å². The second-order valence-corrected chi connectivity index (χ2v) is 5.80. The first-order valence-electron chi connectivity index (χ1n) is 8.11. The van der Waals surface area contributed by atoms with Crippen molar-refractivity contribution in [1.82, 2.24) is 5.32 Å². The molecule has 0 spiro atoms. The zero-order chi connectivity index (χ0) is 17.4. The number of anilines is 1. The van der Waals surface area contributed by atoms with Gasteiger partial charge in [0.2, 0.25) is 0 Å². The molecule has 0 aliphatic carbocycles. The summed E-state index contributed by atoms with van der Waals surface area (Å²) in [4.78, 5) is 14.1. The molecule has 0 saturated heterocycles. The van der Waals surface area contributed by atoms with Gasteiger partial charge in [-0.1, -0.05) is 29.8 Å². The number of hydrogen-bond acceptors (Lipinski definition) is 3. The molecule has 2 aromatic rings. The molecule has 0 unspecified atom stereocenters. The fraction of sp³-hybridized carbons (Fsp3) is 0.316. The Bertz CT molecular complexity index is 655. The van der Waals surface area contributed by atoms with Crippen LogP contribution >= 0.6 is 11.6 Å². The third-order valence-corrected chi connectivity index (χ3v) is 3.96. The largest absolute Gasteiger partial charge is 0.484 e. The Labute approximate surface area is 148 Å². The summed E-state index contributed by atoms with van der Waals surface area (Å²) in [6.07, 6.45) is 0. The lowest BCUT2D eigenvalue weighted by Crippen LogP contribution is -2.28. The van der Waals surface area contributed by atoms with E-state index < -0.39 is 0 Å². The highest BCUT2D eigenvalue weighted by Gasteiger charge is 2.05. The first kappa shape index (κ1) is 18.1. The number of carbonyl (C=O) groups excluding carboxylic acids is 1. The number of amides is 1. The zero-order valence-corrected chi connectivity index (χ0v) is 14.8. The third-order valence-electron chi connectivity index (χ3n) is 3.72. The van der Waals surface area contributed by atoms with Crippen molar-refractivity contribution in [2.24, 2.45) is 0 Å². The molecular weight excluding hydrogens is 324 g/mol. The second-order valence-electron chi connectivity index (χ2n) is 5.36. The van der Waals surface area contributed by atoms with Crippen LogP contribution < -0.4 is 15.0 Å². The van der Waals surface area contributed by atoms with E-state index in [4.69, 9.17) is 16.3 Å². The highest BCUT2D eigenvalue weighted by atomic mass is 35.5. The topological polar surface area (TPSA) is 41.6 Å². The van der Waals surface area contributed by atoms with E-state index in [0.29, 0.717) is 17.3 Å². The fourth-order valence-corrected chi connectivity index (χ4v) is 2.55. The lowest BCUT2D eigenvalue weighted by molar-refractivity contribution is -0.123. The molecule has 0 bridgehead atoms. The summed E-state index contributed by atoms with van der Waals surface area (Å²) in [5.41, 5.74) is 2.25. The van der Waals surface area contributed by atoms with Crippen molar-refractivity contribution in [1.29, 1.82) is 0 Å². The monoisotopic (exact) mass is 346 g/mol. The van der Waals surface area contributed by atoms with Gasteiger partial charge in [0, 0.05) is 30.3 Å². The summed E-state index contributed by atoms with van der Waals surface area (Å²) in [5, 5.41) is 3.43. The Balaban J connectivity index is 1.79. The lowest BCUT2D eigenvalue weighted by atomic mass is 10.2. The SMILES string of the molecule is CCN(CC)c1ccc(CNC(=O)COc2cccc(Cl)c2)cc1. The van der Waals surface area contributed by atoms with Crippen LogP contribution in [0.2, 0.25) is 5.02 Å². The van der Waals surface area contributed by atoms with Crippen LogP contribution in [0.25, 0.3) is 0 Å². The standard InChI is InChI=1S/C19H23ClN2O2/c1-3-22(4-2)17-10-8-15(9-11-17)13-21-19(23)14-24-18-7-5-6-16(20)12-18/h5-12H,3-4,13-14H2,1-2H3,(H,21,23). The van der Waals surface area contributed by atoms with E-state index in [1.807, 2.05) is 12.1 Å². The molecule has 0 atom stereocenters. The minimum absolute atomic E-state index is 0.0299. The average molecular weight is 347 g/mol. The molecule has 0 heterocycles. The van der Waals surface area contributed by atoms with Gasteiger partial charge in [-0.3, -0.25) is 4.79 Å². The summed E-state index contributed by atoms with van der Waals surface area (Å²) in [7, 11) is 0. The summed E-state index contributed by atoms with van der Waals surface area (Å²) in [5.74, 6) is 0.420. The number of nitrogens with zero attached hydrogens (tertiary/aromatic N) is 1. The van der Waals surface area contributed by atoms with Crippen LogP contribution in [-0.4, -0.2) is 25.6 Å². The van der Waals surface area contributed by atoms with Gasteiger partial charge in [-0.05, 0) is 49.7 Å². The van der Waals surface area contributed by atoms with E-state index in [1.54, 1.807) is 24.3 Å². The van der Waals surface area contributed by atoms with Gasteiger partial charge in [-0.15, -0.1) is 0 Å². The summed E-state index contributed by atoms with van der Waals surface area (Å²) in [6, 6.07) is 15.2. The van der Waals surface area contributed by atoms with Crippen molar-refractivity contribution < 1.29 is 9.53 Å². The van der Waals surface area contributed by atoms with Gasteiger partial charge < -0.3 is 15.0 Å². The van der Waals surface area contributed by atoms with Crippen LogP contribution in [0.3, 0.4) is 0 Å². The molecule has 1 amide bonds. The number of hydrogen-bond donors (Lipinski definition) is 1. The predicted molar refractivity (Wildman–Crippen MR) is 98.8 cm³/mol. The molecule has 24 heavy (non-hydrogen) atoms. The molecule has 0 aliphatic rings. The maximum Gasteiger partial charge on any atom is 0.258 e. The van der Waals surface area contributed by atoms with Gasteiger partial charge in [-0.2, -0.15) is 0 Å². The highest BCUT2D eigenvalue weighted by Crippen LogP contribution is 2.17. The molecule has 2 aromatic carbocycles. The van der Waals surface area contributed by atoms with E-state index in [-0.39, 0.29) is 12.5 Å². The van der Waals surface area contributed by atoms with Crippen molar-refractivity contribution in [2.45, 2.75) is 20.4 Å². The Morgan fingerprint density at radius 1 is 1.12 bits per heavy atom. The van der Waals surface area contributed by atoms with E-state index in [1.165, 1.54) is 5.69 Å². The Kier molecular flexibility index (Phi) is 6.94. The Morgan fingerprint density at radius 3 is 2.46 bits per heavy atom. The molecule has 0 fully saturated rings. The molecule has 5 heteroatoms. The van der Waals surface area contributed by atoms with Crippen LogP contribution in [0.15, 0.2) is 48.5 Å². The molecule has 4 nitrogen and oxygen atoms in total. The molecule has 0 aromatic heterocycles. The van der Waals surface area contributed by atoms with Crippen LogP contribution in [0.5, 0.6) is 5.75 Å². The number of rotatable bonds is 8. The van der Waals surface area contributed by atoms with Gasteiger partial charge in [0.15, 0.2) is 6.61 Å². The zero-order valence-electron chi connectivity index (χ0n) is 14.1. The summed E-state index contributed by atoms with van der Waals surface area (Å²) in [6.45, 7) is 6.68. The van der Waals surface area contributed by atoms with Crippen LogP contribution in [0, 0.1) is 0 Å². The molecule has 0 radical (unpaired) electrons. The van der Waals surface area contributed by atoms with E-state index in [9.17, 15) is 4.79 Å². The molecular formula is C19H23ClN2O2. The van der Waals surface area contributed by atoms with Crippen LogP contribution in [0.1, 0.15) is 19.4 Å². The van der Waals surface area contributed by atoms with Crippen molar-refractivity contribution in [3.8, 4) is 5.75 Å². The van der Waals surface area contributed by atoms with Gasteiger partial charge >= 0.3 is 0 Å². The Hall–Kier alpha value is -2.20. The minimum Gasteiger partial charge on any atom is -0.484 e. The highest BCUT2D eigenvalue weighted by molar-refractivity contribution is 6.30. The number of halogens is 1. The predicted octanol–water partition coefficient (Wildman–Crippen LogP) is 3.88. The first-order chi connectivity index (χ1) is 11.6. The molecule has 0 saturated carbocycles. The summed E-state index contributed by atoms with van der Waals surface area (Å²) < 4.78 is 5.41. The maximum atomic E-state index is 11.9. The average Bonchev–Trinajstić information content (AvgIpc) is 2.60. The normalized spacial score (nSPS) is 10.3. The number of ether oxygens (including phenoxy) is 1. The van der Waals surface area contributed by atoms with Crippen molar-refractivity contribution in [3.05, 3.63) is 59.1 Å². The molecule has 1 N–H and O–H groups in total. The maximum absolute atomic E-state index is 11.9. The Morgan fingerprint density at radius 2 is 1.83 bits per heavy atom. The molecule has 128 valence electrons. The van der Waals surface area contributed by atoms with Gasteiger partial charge in [-0.25, -0.2) is 0 Å². The van der Waals surface area contributed by atoms with E-state index in [0.717, 1.165) is 18.7 Å². The smallest absolute Gasteiger partial charge is 0.258 e. The van der Waals surface area contributed by atoms with Crippen molar-refractivity contribution >= 4 is 23.2 Å². The lowest BCUT2D eigenvalue weighted by Gasteiger charge is -2.21. The first-order valence-corrected chi connectivity index (χ1v) is 8.49. The van der Waals surface area contributed by atoms with Gasteiger partial charge in [0.05, 0.1) is 0 Å². The van der Waals surface area contributed by atoms with E-state index in [2.05, 4.69) is 36.2 Å². The second kappa shape index (κ2) is 9.18. The van der Waals surface area contributed by atoms with E-state index >= 15 is 0 Å². The van der Waals surface area contributed by atoms with Crippen LogP contribution in [-0.2, 0) is 11.3 Å². The van der Waals surface area contributed by atoms with Gasteiger partial charge in [0.1, 0.15) is 5.75 Å². The molecule has 2 rings (SSSR count). The summed E-state index contributed by atoms with van der Waals surface area (Å²) >= 11 is 5.87. The van der Waals surface area contributed by atoms with Gasteiger partial charge in [0.25, 0.3) is 5.91 Å². The number of nitrogens with one attached hydrogen (secondary N) is 1. The quantitative estimate of drug-likeness (QED) is 0.788.